The molecule has 1 aromatic carbocycles. The molecule has 0 N–H and O–H groups in total. The normalized spacial score (nSPS) is 16.4. The lowest BCUT2D eigenvalue weighted by atomic mass is 9.70. The predicted molar refractivity (Wildman–Crippen MR) is 161 cm³/mol. The number of rotatable bonds is 14. The highest BCUT2D eigenvalue weighted by Gasteiger charge is 2.33. The van der Waals surface area contributed by atoms with Crippen LogP contribution in [0.1, 0.15) is 158 Å². The van der Waals surface area contributed by atoms with Crippen LogP contribution in [0, 0.1) is 17.8 Å². The maximum atomic E-state index is 6.50. The van der Waals surface area contributed by atoms with Gasteiger partial charge in [-0.2, -0.15) is 0 Å². The van der Waals surface area contributed by atoms with Crippen molar-refractivity contribution in [1.29, 1.82) is 0 Å². The van der Waals surface area contributed by atoms with Gasteiger partial charge in [-0.25, -0.2) is 0 Å². The van der Waals surface area contributed by atoms with Gasteiger partial charge in [0.15, 0.2) is 6.29 Å². The molecule has 0 bridgehead atoms. The Hall–Kier alpha value is -1.02. The molecule has 36 heavy (non-hydrogen) atoms. The Bertz CT molecular complexity index is 582. The molecule has 0 aliphatic heterocycles. The van der Waals surface area contributed by atoms with Gasteiger partial charge in [-0.1, -0.05) is 132 Å². The molecule has 0 radical (unpaired) electrons. The van der Waals surface area contributed by atoms with Crippen molar-refractivity contribution in [3.8, 4) is 5.75 Å². The van der Waals surface area contributed by atoms with E-state index in [1.165, 1.54) is 76.2 Å². The third-order valence-electron chi connectivity index (χ3n) is 7.40. The fourth-order valence-electron chi connectivity index (χ4n) is 5.57. The maximum absolute atomic E-state index is 6.50. The molecule has 0 heterocycles. The first kappa shape index (κ1) is 35.0. The van der Waals surface area contributed by atoms with Crippen molar-refractivity contribution in [3.05, 3.63) is 29.8 Å². The van der Waals surface area contributed by atoms with Crippen LogP contribution in [0.5, 0.6) is 5.75 Å². The van der Waals surface area contributed by atoms with E-state index in [-0.39, 0.29) is 12.4 Å². The van der Waals surface area contributed by atoms with Crippen LogP contribution in [0.2, 0.25) is 0 Å². The van der Waals surface area contributed by atoms with Crippen LogP contribution in [0.4, 0.5) is 0 Å². The van der Waals surface area contributed by atoms with E-state index in [4.69, 9.17) is 9.47 Å². The predicted octanol–water partition coefficient (Wildman–Crippen LogP) is 11.6. The van der Waals surface area contributed by atoms with E-state index in [1.807, 2.05) is 13.8 Å². The van der Waals surface area contributed by atoms with E-state index in [1.54, 1.807) is 0 Å². The fraction of sp³-hybridized carbons (Fsp3) is 0.824. The Morgan fingerprint density at radius 1 is 0.806 bits per heavy atom. The molecule has 1 aliphatic carbocycles. The Balaban J connectivity index is 0.00000227. The first-order valence-electron chi connectivity index (χ1n) is 15.8. The van der Waals surface area contributed by atoms with Crippen molar-refractivity contribution in [2.45, 2.75) is 165 Å². The number of ether oxygens (including phenoxy) is 2. The summed E-state index contributed by atoms with van der Waals surface area (Å²) in [6, 6.07) is 8.74. The molecule has 0 spiro atoms. The summed E-state index contributed by atoms with van der Waals surface area (Å²) in [6.45, 7) is 21.7. The molecule has 0 saturated heterocycles. The summed E-state index contributed by atoms with van der Waals surface area (Å²) < 4.78 is 12.9. The third kappa shape index (κ3) is 14.1. The molecule has 0 aromatic heterocycles. The quantitative estimate of drug-likeness (QED) is 0.234. The molecular weight excluding hydrogens is 440 g/mol. The van der Waals surface area contributed by atoms with E-state index in [0.29, 0.717) is 11.8 Å². The Kier molecular flexibility index (Phi) is 21.4. The summed E-state index contributed by atoms with van der Waals surface area (Å²) in [7, 11) is 0. The van der Waals surface area contributed by atoms with Gasteiger partial charge >= 0.3 is 0 Å². The van der Waals surface area contributed by atoms with Crippen LogP contribution in [0.3, 0.4) is 0 Å². The van der Waals surface area contributed by atoms with Gasteiger partial charge in [-0.05, 0) is 61.6 Å². The van der Waals surface area contributed by atoms with Gasteiger partial charge in [0.1, 0.15) is 5.75 Å². The summed E-state index contributed by atoms with van der Waals surface area (Å²) in [4.78, 5) is 0. The Morgan fingerprint density at radius 3 is 1.78 bits per heavy atom. The van der Waals surface area contributed by atoms with Crippen molar-refractivity contribution in [2.24, 2.45) is 17.8 Å². The van der Waals surface area contributed by atoms with Gasteiger partial charge in [0, 0.05) is 6.42 Å². The summed E-state index contributed by atoms with van der Waals surface area (Å²) >= 11 is 0. The molecule has 2 heteroatoms. The SMILES string of the molecule is CC.CCC.CCCC(CCC)C(CC(Oc1ccc(C(C)CC)cc1)OC(C)C)C1CCCCC1. The lowest BCUT2D eigenvalue weighted by Gasteiger charge is -2.38. The van der Waals surface area contributed by atoms with Gasteiger partial charge in [-0.3, -0.25) is 0 Å². The summed E-state index contributed by atoms with van der Waals surface area (Å²) in [6.07, 6.45) is 15.7. The molecule has 1 aliphatic rings. The second-order valence-corrected chi connectivity index (χ2v) is 11.0. The lowest BCUT2D eigenvalue weighted by Crippen LogP contribution is -2.34. The molecule has 1 saturated carbocycles. The third-order valence-corrected chi connectivity index (χ3v) is 7.40. The molecule has 1 fully saturated rings. The topological polar surface area (TPSA) is 18.5 Å². The molecular formula is C34H64O2. The van der Waals surface area contributed by atoms with Crippen LogP contribution in [-0.2, 0) is 4.74 Å². The van der Waals surface area contributed by atoms with E-state index in [2.05, 4.69) is 79.7 Å². The highest BCUT2D eigenvalue weighted by Crippen LogP contribution is 2.41. The minimum atomic E-state index is -0.155. The van der Waals surface area contributed by atoms with E-state index < -0.39 is 0 Å². The summed E-state index contributed by atoms with van der Waals surface area (Å²) in [5.41, 5.74) is 1.39. The van der Waals surface area contributed by atoms with Crippen LogP contribution in [0.15, 0.2) is 24.3 Å². The Morgan fingerprint density at radius 2 is 1.33 bits per heavy atom. The zero-order valence-corrected chi connectivity index (χ0v) is 26.1. The fourth-order valence-corrected chi connectivity index (χ4v) is 5.57. The van der Waals surface area contributed by atoms with Crippen molar-refractivity contribution in [2.75, 3.05) is 0 Å². The molecule has 3 atom stereocenters. The molecule has 212 valence electrons. The van der Waals surface area contributed by atoms with Crippen molar-refractivity contribution in [3.63, 3.8) is 0 Å². The molecule has 3 unspecified atom stereocenters. The van der Waals surface area contributed by atoms with Crippen LogP contribution in [0.25, 0.3) is 0 Å². The van der Waals surface area contributed by atoms with Gasteiger partial charge in [0.2, 0.25) is 0 Å². The van der Waals surface area contributed by atoms with Crippen LogP contribution in [-0.4, -0.2) is 12.4 Å². The van der Waals surface area contributed by atoms with Crippen molar-refractivity contribution in [1.82, 2.24) is 0 Å². The minimum Gasteiger partial charge on any atom is -0.465 e. The number of benzene rings is 1. The van der Waals surface area contributed by atoms with E-state index in [0.717, 1.165) is 24.0 Å². The van der Waals surface area contributed by atoms with Gasteiger partial charge in [-0.15, -0.1) is 0 Å². The standard InChI is InChI=1S/C29H50O2.C3H8.C2H6/c1-7-13-25(14-8-2)28(26-15-11-10-12-16-26)21-29(30-22(4)5)31-27-19-17-24(18-20-27)23(6)9-3;1-3-2;1-2/h17-20,22-23,25-26,28-29H,7-16,21H2,1-6H3;3H2,1-2H3;1-2H3. The first-order valence-corrected chi connectivity index (χ1v) is 15.8. The molecule has 0 amide bonds. The minimum absolute atomic E-state index is 0.155. The highest BCUT2D eigenvalue weighted by molar-refractivity contribution is 5.29. The van der Waals surface area contributed by atoms with Crippen LogP contribution >= 0.6 is 0 Å². The van der Waals surface area contributed by atoms with Gasteiger partial charge < -0.3 is 9.47 Å². The van der Waals surface area contributed by atoms with E-state index >= 15 is 0 Å². The van der Waals surface area contributed by atoms with Gasteiger partial charge in [0.25, 0.3) is 0 Å². The van der Waals surface area contributed by atoms with Crippen molar-refractivity contribution >= 4 is 0 Å². The Labute approximate surface area is 227 Å². The zero-order chi connectivity index (χ0) is 27.3. The number of hydrogen-bond donors (Lipinski definition) is 0. The lowest BCUT2D eigenvalue weighted by molar-refractivity contribution is -0.127. The molecule has 2 nitrogen and oxygen atoms in total. The largest absolute Gasteiger partial charge is 0.465 e. The molecule has 1 aromatic rings. The second-order valence-electron chi connectivity index (χ2n) is 11.0. The summed E-state index contributed by atoms with van der Waals surface area (Å²) in [5, 5.41) is 0. The first-order chi connectivity index (χ1) is 17.4. The van der Waals surface area contributed by atoms with E-state index in [9.17, 15) is 0 Å². The van der Waals surface area contributed by atoms with Gasteiger partial charge in [0.05, 0.1) is 6.10 Å². The van der Waals surface area contributed by atoms with Crippen LogP contribution < -0.4 is 4.74 Å². The average Bonchev–Trinajstić information content (AvgIpc) is 2.89. The average molecular weight is 505 g/mol. The second kappa shape index (κ2) is 22.0. The summed E-state index contributed by atoms with van der Waals surface area (Å²) in [5.74, 6) is 3.89. The monoisotopic (exact) mass is 504 g/mol. The smallest absolute Gasteiger partial charge is 0.200 e. The number of hydrogen-bond acceptors (Lipinski definition) is 2. The molecule has 2 rings (SSSR count). The van der Waals surface area contributed by atoms with Crippen molar-refractivity contribution < 1.29 is 9.47 Å². The zero-order valence-electron chi connectivity index (χ0n) is 26.1. The highest BCUT2D eigenvalue weighted by atomic mass is 16.7. The maximum Gasteiger partial charge on any atom is 0.200 e.